The van der Waals surface area contributed by atoms with Crippen LogP contribution in [0, 0.1) is 0 Å². The molecule has 1 aromatic rings. The number of hydrogen-bond donors (Lipinski definition) is 1. The van der Waals surface area contributed by atoms with Gasteiger partial charge in [0.25, 0.3) is 0 Å². The molecule has 1 aliphatic rings. The SMILES string of the molecule is CCN(Cc1cc(N)ccc1Cl)C1CCCCC1. The van der Waals surface area contributed by atoms with Crippen molar-refractivity contribution < 1.29 is 0 Å². The third-order valence-corrected chi connectivity index (χ3v) is 4.31. The van der Waals surface area contributed by atoms with Crippen LogP contribution in [0.25, 0.3) is 0 Å². The molecule has 18 heavy (non-hydrogen) atoms. The second kappa shape index (κ2) is 6.44. The molecule has 0 spiro atoms. The van der Waals surface area contributed by atoms with Crippen molar-refractivity contribution in [3.63, 3.8) is 0 Å². The third kappa shape index (κ3) is 3.39. The minimum atomic E-state index is 0.723. The predicted octanol–water partition coefficient (Wildman–Crippen LogP) is 4.08. The van der Waals surface area contributed by atoms with E-state index in [0.717, 1.165) is 35.4 Å². The van der Waals surface area contributed by atoms with Crippen molar-refractivity contribution in [3.05, 3.63) is 28.8 Å². The maximum absolute atomic E-state index is 6.25. The van der Waals surface area contributed by atoms with Gasteiger partial charge in [0, 0.05) is 23.3 Å². The molecule has 0 bridgehead atoms. The molecule has 0 aromatic heterocycles. The van der Waals surface area contributed by atoms with E-state index in [4.69, 9.17) is 17.3 Å². The maximum atomic E-state index is 6.25. The first-order valence-electron chi connectivity index (χ1n) is 6.98. The summed E-state index contributed by atoms with van der Waals surface area (Å²) in [6.07, 6.45) is 6.78. The summed E-state index contributed by atoms with van der Waals surface area (Å²) in [5, 5.41) is 0.832. The molecule has 0 radical (unpaired) electrons. The van der Waals surface area contributed by atoms with Crippen molar-refractivity contribution in [2.45, 2.75) is 51.6 Å². The van der Waals surface area contributed by atoms with Gasteiger partial charge in [0.05, 0.1) is 0 Å². The summed E-state index contributed by atoms with van der Waals surface area (Å²) >= 11 is 6.25. The Labute approximate surface area is 115 Å². The molecule has 0 atom stereocenters. The lowest BCUT2D eigenvalue weighted by Gasteiger charge is -2.33. The number of halogens is 1. The molecule has 100 valence electrons. The van der Waals surface area contributed by atoms with Gasteiger partial charge in [0.1, 0.15) is 0 Å². The Morgan fingerprint density at radius 2 is 2.00 bits per heavy atom. The number of anilines is 1. The van der Waals surface area contributed by atoms with Crippen molar-refractivity contribution in [2.75, 3.05) is 12.3 Å². The number of benzene rings is 1. The summed E-state index contributed by atoms with van der Waals surface area (Å²) in [6, 6.07) is 6.50. The van der Waals surface area contributed by atoms with E-state index >= 15 is 0 Å². The van der Waals surface area contributed by atoms with Crippen molar-refractivity contribution in [1.82, 2.24) is 4.90 Å². The van der Waals surface area contributed by atoms with Gasteiger partial charge in [-0.15, -0.1) is 0 Å². The van der Waals surface area contributed by atoms with Crippen molar-refractivity contribution in [3.8, 4) is 0 Å². The fraction of sp³-hybridized carbons (Fsp3) is 0.600. The fourth-order valence-corrected chi connectivity index (χ4v) is 3.06. The van der Waals surface area contributed by atoms with Gasteiger partial charge in [-0.2, -0.15) is 0 Å². The Kier molecular flexibility index (Phi) is 4.90. The molecule has 0 amide bonds. The average molecular weight is 267 g/mol. The van der Waals surface area contributed by atoms with E-state index in [1.54, 1.807) is 0 Å². The van der Waals surface area contributed by atoms with Crippen LogP contribution in [0.15, 0.2) is 18.2 Å². The molecule has 2 rings (SSSR count). The molecule has 0 aliphatic heterocycles. The van der Waals surface area contributed by atoms with Crippen LogP contribution in [0.4, 0.5) is 5.69 Å². The molecule has 0 heterocycles. The van der Waals surface area contributed by atoms with Crippen LogP contribution in [0.2, 0.25) is 5.02 Å². The highest BCUT2D eigenvalue weighted by molar-refractivity contribution is 6.31. The smallest absolute Gasteiger partial charge is 0.0452 e. The highest BCUT2D eigenvalue weighted by Crippen LogP contribution is 2.26. The molecule has 2 N–H and O–H groups in total. The van der Waals surface area contributed by atoms with Gasteiger partial charge in [-0.05, 0) is 43.1 Å². The summed E-state index contributed by atoms with van der Waals surface area (Å²) in [4.78, 5) is 2.54. The lowest BCUT2D eigenvalue weighted by molar-refractivity contribution is 0.156. The maximum Gasteiger partial charge on any atom is 0.0452 e. The molecule has 2 nitrogen and oxygen atoms in total. The Morgan fingerprint density at radius 3 is 2.67 bits per heavy atom. The molecule has 0 saturated heterocycles. The second-order valence-corrected chi connectivity index (χ2v) is 5.61. The average Bonchev–Trinajstić information content (AvgIpc) is 2.41. The summed E-state index contributed by atoms with van der Waals surface area (Å²) < 4.78 is 0. The van der Waals surface area contributed by atoms with E-state index < -0.39 is 0 Å². The Morgan fingerprint density at radius 1 is 1.28 bits per heavy atom. The zero-order chi connectivity index (χ0) is 13.0. The normalized spacial score (nSPS) is 17.3. The van der Waals surface area contributed by atoms with Gasteiger partial charge in [-0.3, -0.25) is 4.90 Å². The van der Waals surface area contributed by atoms with Crippen LogP contribution in [0.1, 0.15) is 44.6 Å². The largest absolute Gasteiger partial charge is 0.399 e. The highest BCUT2D eigenvalue weighted by atomic mass is 35.5. The summed E-state index contributed by atoms with van der Waals surface area (Å²) in [5.41, 5.74) is 7.80. The first-order valence-corrected chi connectivity index (χ1v) is 7.36. The molecule has 1 fully saturated rings. The fourth-order valence-electron chi connectivity index (χ4n) is 2.88. The molecule has 1 saturated carbocycles. The first kappa shape index (κ1) is 13.7. The molecule has 3 heteroatoms. The summed E-state index contributed by atoms with van der Waals surface area (Å²) in [7, 11) is 0. The lowest BCUT2D eigenvalue weighted by atomic mass is 9.94. The van der Waals surface area contributed by atoms with Crippen molar-refractivity contribution in [1.29, 1.82) is 0 Å². The molecular weight excluding hydrogens is 244 g/mol. The number of nitrogen functional groups attached to an aromatic ring is 1. The molecule has 1 aromatic carbocycles. The highest BCUT2D eigenvalue weighted by Gasteiger charge is 2.20. The van der Waals surface area contributed by atoms with Crippen molar-refractivity contribution >= 4 is 17.3 Å². The van der Waals surface area contributed by atoms with Gasteiger partial charge in [0.15, 0.2) is 0 Å². The van der Waals surface area contributed by atoms with Gasteiger partial charge >= 0.3 is 0 Å². The van der Waals surface area contributed by atoms with E-state index in [9.17, 15) is 0 Å². The number of rotatable bonds is 4. The van der Waals surface area contributed by atoms with E-state index in [2.05, 4.69) is 11.8 Å². The number of hydrogen-bond acceptors (Lipinski definition) is 2. The van der Waals surface area contributed by atoms with Gasteiger partial charge in [-0.25, -0.2) is 0 Å². The zero-order valence-electron chi connectivity index (χ0n) is 11.2. The zero-order valence-corrected chi connectivity index (χ0v) is 11.9. The molecule has 1 aliphatic carbocycles. The molecule has 0 unspecified atom stereocenters. The Balaban J connectivity index is 2.06. The van der Waals surface area contributed by atoms with Gasteiger partial charge < -0.3 is 5.73 Å². The molecular formula is C15H23ClN2. The Hall–Kier alpha value is -0.730. The Bertz CT molecular complexity index is 386. The minimum Gasteiger partial charge on any atom is -0.399 e. The number of nitrogens with zero attached hydrogens (tertiary/aromatic N) is 1. The van der Waals surface area contributed by atoms with Gasteiger partial charge in [-0.1, -0.05) is 37.8 Å². The van der Waals surface area contributed by atoms with Crippen LogP contribution in [0.3, 0.4) is 0 Å². The first-order chi connectivity index (χ1) is 8.70. The second-order valence-electron chi connectivity index (χ2n) is 5.21. The van der Waals surface area contributed by atoms with E-state index in [1.807, 2.05) is 18.2 Å². The van der Waals surface area contributed by atoms with E-state index in [-0.39, 0.29) is 0 Å². The van der Waals surface area contributed by atoms with E-state index in [0.29, 0.717) is 0 Å². The third-order valence-electron chi connectivity index (χ3n) is 3.94. The topological polar surface area (TPSA) is 29.3 Å². The van der Waals surface area contributed by atoms with E-state index in [1.165, 1.54) is 32.1 Å². The van der Waals surface area contributed by atoms with Gasteiger partial charge in [0.2, 0.25) is 0 Å². The van der Waals surface area contributed by atoms with Crippen LogP contribution in [-0.4, -0.2) is 17.5 Å². The van der Waals surface area contributed by atoms with Crippen molar-refractivity contribution in [2.24, 2.45) is 0 Å². The standard InChI is InChI=1S/C15H23ClN2/c1-2-18(14-6-4-3-5-7-14)11-12-10-13(17)8-9-15(12)16/h8-10,14H,2-7,11,17H2,1H3. The van der Waals surface area contributed by atoms with Crippen LogP contribution in [0.5, 0.6) is 0 Å². The van der Waals surface area contributed by atoms with Crippen LogP contribution >= 0.6 is 11.6 Å². The lowest BCUT2D eigenvalue weighted by Crippen LogP contribution is -2.36. The minimum absolute atomic E-state index is 0.723. The monoisotopic (exact) mass is 266 g/mol. The summed E-state index contributed by atoms with van der Waals surface area (Å²) in [6.45, 7) is 4.23. The van der Waals surface area contributed by atoms with Crippen LogP contribution in [-0.2, 0) is 6.54 Å². The quantitative estimate of drug-likeness (QED) is 0.832. The number of nitrogens with two attached hydrogens (primary N) is 1. The predicted molar refractivity (Wildman–Crippen MR) is 78.8 cm³/mol. The summed E-state index contributed by atoms with van der Waals surface area (Å²) in [5.74, 6) is 0. The van der Waals surface area contributed by atoms with Crippen LogP contribution < -0.4 is 5.73 Å².